The van der Waals surface area contributed by atoms with Gasteiger partial charge in [0.1, 0.15) is 5.75 Å². The summed E-state index contributed by atoms with van der Waals surface area (Å²) < 4.78 is 8.17. The lowest BCUT2D eigenvalue weighted by atomic mass is 9.93. The minimum atomic E-state index is 0.985. The van der Waals surface area contributed by atoms with Gasteiger partial charge in [0.25, 0.3) is 0 Å². The van der Waals surface area contributed by atoms with Crippen molar-refractivity contribution in [1.29, 1.82) is 0 Å². The number of methoxy groups -OCH3 is 1. The Labute approximate surface area is 158 Å². The number of hydrogen-bond acceptors (Lipinski definition) is 1. The minimum Gasteiger partial charge on any atom is -0.496 e. The minimum absolute atomic E-state index is 0.985. The summed E-state index contributed by atoms with van der Waals surface area (Å²) in [5.41, 5.74) is 4.98. The molecule has 0 saturated carbocycles. The quantitative estimate of drug-likeness (QED) is 0.363. The average molecular weight is 514 g/mol. The van der Waals surface area contributed by atoms with E-state index in [9.17, 15) is 0 Å². The van der Waals surface area contributed by atoms with Crippen molar-refractivity contribution in [1.82, 2.24) is 0 Å². The van der Waals surface area contributed by atoms with Gasteiger partial charge in [-0.25, -0.2) is 0 Å². The molecule has 0 fully saturated rings. The van der Waals surface area contributed by atoms with Crippen LogP contribution in [0.15, 0.2) is 42.5 Å². The van der Waals surface area contributed by atoms with Crippen LogP contribution >= 0.6 is 45.2 Å². The van der Waals surface area contributed by atoms with Crippen LogP contribution in [0.5, 0.6) is 5.75 Å². The van der Waals surface area contributed by atoms with Crippen LogP contribution in [0, 0.1) is 21.0 Å². The largest absolute Gasteiger partial charge is 0.496 e. The monoisotopic (exact) mass is 514 g/mol. The van der Waals surface area contributed by atoms with Gasteiger partial charge in [0.15, 0.2) is 0 Å². The molecule has 3 rings (SSSR count). The van der Waals surface area contributed by atoms with E-state index in [-0.39, 0.29) is 0 Å². The van der Waals surface area contributed by atoms with Gasteiger partial charge >= 0.3 is 0 Å². The first-order valence-electron chi connectivity index (χ1n) is 7.06. The number of rotatable bonds is 2. The second-order valence-electron chi connectivity index (χ2n) is 5.35. The van der Waals surface area contributed by atoms with Crippen LogP contribution in [-0.4, -0.2) is 7.11 Å². The summed E-state index contributed by atoms with van der Waals surface area (Å²) in [6.07, 6.45) is 0. The highest BCUT2D eigenvalue weighted by molar-refractivity contribution is 14.1. The molecule has 0 atom stereocenters. The van der Waals surface area contributed by atoms with E-state index in [1.165, 1.54) is 40.2 Å². The van der Waals surface area contributed by atoms with Crippen molar-refractivity contribution in [3.8, 4) is 16.9 Å². The summed E-state index contributed by atoms with van der Waals surface area (Å²) in [6.45, 7) is 4.26. The van der Waals surface area contributed by atoms with E-state index in [2.05, 4.69) is 101 Å². The van der Waals surface area contributed by atoms with E-state index in [0.717, 1.165) is 5.75 Å². The fourth-order valence-electron chi connectivity index (χ4n) is 3.04. The molecule has 0 aliphatic carbocycles. The van der Waals surface area contributed by atoms with Crippen LogP contribution < -0.4 is 4.74 Å². The van der Waals surface area contributed by atoms with E-state index in [0.29, 0.717) is 0 Å². The predicted molar refractivity (Wildman–Crippen MR) is 111 cm³/mol. The van der Waals surface area contributed by atoms with Gasteiger partial charge < -0.3 is 4.74 Å². The predicted octanol–water partition coefficient (Wildman–Crippen LogP) is 6.34. The molecule has 22 heavy (non-hydrogen) atoms. The fraction of sp³-hybridized carbons (Fsp3) is 0.158. The Morgan fingerprint density at radius 3 is 2.32 bits per heavy atom. The smallest absolute Gasteiger partial charge is 0.125 e. The second kappa shape index (κ2) is 6.35. The SMILES string of the molecule is COc1c(C)cc(I)c(-c2c(I)ccc3ccccc23)c1C. The molecule has 3 aromatic rings. The van der Waals surface area contributed by atoms with Crippen molar-refractivity contribution in [3.05, 3.63) is 60.7 Å². The number of fused-ring (bicyclic) bond motifs is 1. The second-order valence-corrected chi connectivity index (χ2v) is 7.68. The van der Waals surface area contributed by atoms with Crippen LogP contribution in [0.3, 0.4) is 0 Å². The van der Waals surface area contributed by atoms with E-state index >= 15 is 0 Å². The molecule has 0 unspecified atom stereocenters. The normalized spacial score (nSPS) is 11.0. The molecule has 112 valence electrons. The summed E-state index contributed by atoms with van der Waals surface area (Å²) in [5.74, 6) is 0.985. The lowest BCUT2D eigenvalue weighted by molar-refractivity contribution is 0.408. The summed E-state index contributed by atoms with van der Waals surface area (Å²) >= 11 is 4.87. The van der Waals surface area contributed by atoms with Crippen molar-refractivity contribution in [3.63, 3.8) is 0 Å². The molecule has 0 N–H and O–H groups in total. The van der Waals surface area contributed by atoms with Crippen molar-refractivity contribution < 1.29 is 4.74 Å². The first-order chi connectivity index (χ1) is 10.5. The molecule has 0 spiro atoms. The Hall–Kier alpha value is -0.820. The molecule has 3 aromatic carbocycles. The van der Waals surface area contributed by atoms with Crippen molar-refractivity contribution in [2.75, 3.05) is 7.11 Å². The molecule has 0 saturated heterocycles. The van der Waals surface area contributed by atoms with E-state index in [1.54, 1.807) is 7.11 Å². The van der Waals surface area contributed by atoms with E-state index < -0.39 is 0 Å². The number of ether oxygens (including phenoxy) is 1. The molecule has 0 aliphatic rings. The van der Waals surface area contributed by atoms with Crippen LogP contribution in [0.25, 0.3) is 21.9 Å². The molecule has 0 aromatic heterocycles. The average Bonchev–Trinajstić information content (AvgIpc) is 2.49. The van der Waals surface area contributed by atoms with Gasteiger partial charge in [-0.3, -0.25) is 0 Å². The zero-order valence-electron chi connectivity index (χ0n) is 12.7. The molecular weight excluding hydrogens is 498 g/mol. The third-order valence-electron chi connectivity index (χ3n) is 3.99. The molecule has 3 heteroatoms. The standard InChI is InChI=1S/C19H16I2O/c1-11-10-16(21)17(12(2)19(11)22-3)18-14-7-5-4-6-13(14)8-9-15(18)20/h4-10H,1-3H3. The number of halogens is 2. The lowest BCUT2D eigenvalue weighted by Gasteiger charge is -2.18. The van der Waals surface area contributed by atoms with Gasteiger partial charge in [0.05, 0.1) is 7.11 Å². The molecule has 0 heterocycles. The Kier molecular flexibility index (Phi) is 4.64. The maximum Gasteiger partial charge on any atom is 0.125 e. The van der Waals surface area contributed by atoms with Crippen molar-refractivity contribution in [2.45, 2.75) is 13.8 Å². The van der Waals surface area contributed by atoms with Crippen LogP contribution in [0.4, 0.5) is 0 Å². The van der Waals surface area contributed by atoms with Crippen LogP contribution in [0.1, 0.15) is 11.1 Å². The highest BCUT2D eigenvalue weighted by atomic mass is 127. The van der Waals surface area contributed by atoms with E-state index in [4.69, 9.17) is 4.74 Å². The summed E-state index contributed by atoms with van der Waals surface area (Å²) in [7, 11) is 1.75. The van der Waals surface area contributed by atoms with Gasteiger partial charge in [0, 0.05) is 23.8 Å². The molecule has 1 nitrogen and oxygen atoms in total. The zero-order chi connectivity index (χ0) is 15.9. The molecule has 0 radical (unpaired) electrons. The summed E-state index contributed by atoms with van der Waals surface area (Å²) in [6, 6.07) is 15.2. The zero-order valence-corrected chi connectivity index (χ0v) is 17.0. The van der Waals surface area contributed by atoms with Crippen LogP contribution in [-0.2, 0) is 0 Å². The Balaban J connectivity index is 2.45. The lowest BCUT2D eigenvalue weighted by Crippen LogP contribution is -1.98. The van der Waals surface area contributed by atoms with Gasteiger partial charge in [-0.05, 0) is 87.5 Å². The van der Waals surface area contributed by atoms with Gasteiger partial charge in [-0.2, -0.15) is 0 Å². The maximum absolute atomic E-state index is 5.64. The number of hydrogen-bond donors (Lipinski definition) is 0. The Bertz CT molecular complexity index is 869. The number of benzene rings is 3. The van der Waals surface area contributed by atoms with Crippen molar-refractivity contribution in [2.24, 2.45) is 0 Å². The third kappa shape index (κ3) is 2.62. The number of aryl methyl sites for hydroxylation is 1. The Morgan fingerprint density at radius 1 is 0.864 bits per heavy atom. The fourth-order valence-corrected chi connectivity index (χ4v) is 4.92. The van der Waals surface area contributed by atoms with Gasteiger partial charge in [-0.15, -0.1) is 0 Å². The van der Waals surface area contributed by atoms with E-state index in [1.807, 2.05) is 0 Å². The van der Waals surface area contributed by atoms with Crippen molar-refractivity contribution >= 4 is 56.0 Å². The van der Waals surface area contributed by atoms with Gasteiger partial charge in [0.2, 0.25) is 0 Å². The first kappa shape index (κ1) is 16.1. The molecular formula is C19H16I2O. The van der Waals surface area contributed by atoms with Crippen LogP contribution in [0.2, 0.25) is 0 Å². The molecule has 0 bridgehead atoms. The summed E-state index contributed by atoms with van der Waals surface area (Å²) in [4.78, 5) is 0. The maximum atomic E-state index is 5.64. The summed E-state index contributed by atoms with van der Waals surface area (Å²) in [5, 5.41) is 2.56. The topological polar surface area (TPSA) is 9.23 Å². The van der Waals surface area contributed by atoms with Gasteiger partial charge in [-0.1, -0.05) is 30.3 Å². The highest BCUT2D eigenvalue weighted by Gasteiger charge is 2.18. The third-order valence-corrected chi connectivity index (χ3v) is 5.74. The molecule has 0 aliphatic heterocycles. The highest BCUT2D eigenvalue weighted by Crippen LogP contribution is 2.41. The molecule has 0 amide bonds. The first-order valence-corrected chi connectivity index (χ1v) is 9.21. The Morgan fingerprint density at radius 2 is 1.59 bits per heavy atom.